The monoisotopic (exact) mass is 651 g/mol. The van der Waals surface area contributed by atoms with Gasteiger partial charge in [0.2, 0.25) is 0 Å². The molecule has 5 rings (SSSR count). The maximum absolute atomic E-state index is 13.2. The lowest BCUT2D eigenvalue weighted by Crippen LogP contribution is -2.74. The standard InChI is InChI=1S/C39H57NO7/c1-4-5-6-7-8-9-10-11-12-13-14-15-16-17-18-19-33(42)45-28(2)37(43)46-31-22-23-39(44)32-26-29-20-21-30(27-41)35-34(29)38(39,36(31)47-35)24-25-40(32)3/h20-22,27-28,32,36,44H,4-19,23-26H2,1-3H3/t28-,32+,36-,38-,39+/m0/s1. The van der Waals surface area contributed by atoms with Crippen LogP contribution in [0.25, 0.3) is 0 Å². The van der Waals surface area contributed by atoms with Gasteiger partial charge in [0.25, 0.3) is 0 Å². The number of benzene rings is 1. The zero-order chi connectivity index (χ0) is 33.4. The second-order valence-corrected chi connectivity index (χ2v) is 14.5. The third-order valence-corrected chi connectivity index (χ3v) is 11.4. The molecule has 1 fully saturated rings. The number of likely N-dealkylation sites (N-methyl/N-ethyl adjacent to an activating group) is 1. The van der Waals surface area contributed by atoms with E-state index in [9.17, 15) is 19.5 Å². The van der Waals surface area contributed by atoms with Gasteiger partial charge in [-0.25, -0.2) is 4.79 Å². The molecule has 0 unspecified atom stereocenters. The Bertz CT molecular complexity index is 1290. The number of rotatable bonds is 20. The molecule has 1 saturated heterocycles. The molecule has 2 aliphatic heterocycles. The van der Waals surface area contributed by atoms with E-state index in [0.717, 1.165) is 43.2 Å². The number of piperidine rings is 1. The molecule has 2 aliphatic carbocycles. The average Bonchev–Trinajstić information content (AvgIpc) is 3.42. The Kier molecular flexibility index (Phi) is 12.2. The van der Waals surface area contributed by atoms with Crippen molar-refractivity contribution in [3.63, 3.8) is 0 Å². The smallest absolute Gasteiger partial charge is 0.352 e. The van der Waals surface area contributed by atoms with Crippen LogP contribution in [0.4, 0.5) is 0 Å². The minimum atomic E-state index is -1.13. The molecule has 0 saturated carbocycles. The number of carbonyl (C=O) groups excluding carboxylic acids is 3. The lowest BCUT2D eigenvalue weighted by molar-refractivity contribution is -0.175. The molecule has 2 bridgehead atoms. The van der Waals surface area contributed by atoms with Crippen LogP contribution in [0.2, 0.25) is 0 Å². The number of likely N-dealkylation sites (tertiary alicyclic amines) is 1. The van der Waals surface area contributed by atoms with Crippen molar-refractivity contribution in [2.45, 2.75) is 165 Å². The summed E-state index contributed by atoms with van der Waals surface area (Å²) < 4.78 is 17.8. The normalized spacial score (nSPS) is 26.2. The summed E-state index contributed by atoms with van der Waals surface area (Å²) in [7, 11) is 2.03. The molecule has 1 spiro atoms. The Morgan fingerprint density at radius 2 is 1.62 bits per heavy atom. The summed E-state index contributed by atoms with van der Waals surface area (Å²) in [6.45, 7) is 4.54. The molecule has 4 aliphatic rings. The summed E-state index contributed by atoms with van der Waals surface area (Å²) in [5.41, 5.74) is 0.404. The van der Waals surface area contributed by atoms with Crippen LogP contribution in [-0.4, -0.2) is 65.7 Å². The molecule has 1 aromatic carbocycles. The van der Waals surface area contributed by atoms with Gasteiger partial charge >= 0.3 is 11.9 Å². The second kappa shape index (κ2) is 16.1. The topological polar surface area (TPSA) is 102 Å². The number of carbonyl (C=O) groups is 3. The Balaban J connectivity index is 1.04. The Morgan fingerprint density at radius 1 is 1.00 bits per heavy atom. The number of unbranched alkanes of at least 4 members (excludes halogenated alkanes) is 14. The van der Waals surface area contributed by atoms with Crippen molar-refractivity contribution in [2.24, 2.45) is 0 Å². The number of hydrogen-bond acceptors (Lipinski definition) is 8. The number of aliphatic hydroxyl groups is 1. The fourth-order valence-electron chi connectivity index (χ4n) is 8.71. The van der Waals surface area contributed by atoms with Gasteiger partial charge in [-0.2, -0.15) is 0 Å². The first kappa shape index (κ1) is 35.6. The van der Waals surface area contributed by atoms with Crippen LogP contribution in [0.5, 0.6) is 5.75 Å². The molecule has 0 aromatic heterocycles. The summed E-state index contributed by atoms with van der Waals surface area (Å²) >= 11 is 0. The van der Waals surface area contributed by atoms with Crippen molar-refractivity contribution in [1.82, 2.24) is 4.90 Å². The summed E-state index contributed by atoms with van der Waals surface area (Å²) in [6, 6.07) is 3.60. The summed E-state index contributed by atoms with van der Waals surface area (Å²) in [5, 5.41) is 12.3. The Hall–Kier alpha value is -2.71. The zero-order valence-corrected chi connectivity index (χ0v) is 29.0. The van der Waals surface area contributed by atoms with Crippen molar-refractivity contribution in [1.29, 1.82) is 0 Å². The predicted molar refractivity (Wildman–Crippen MR) is 182 cm³/mol. The van der Waals surface area contributed by atoms with Crippen LogP contribution in [0, 0.1) is 0 Å². The van der Waals surface area contributed by atoms with Gasteiger partial charge in [0.05, 0.1) is 16.6 Å². The molecular weight excluding hydrogens is 594 g/mol. The molecule has 47 heavy (non-hydrogen) atoms. The zero-order valence-electron chi connectivity index (χ0n) is 29.0. The molecule has 0 radical (unpaired) electrons. The minimum absolute atomic E-state index is 0.129. The highest BCUT2D eigenvalue weighted by atomic mass is 16.6. The maximum Gasteiger partial charge on any atom is 0.352 e. The van der Waals surface area contributed by atoms with Gasteiger partial charge in [-0.1, -0.05) is 103 Å². The molecular formula is C39H57NO7. The Morgan fingerprint density at radius 3 is 2.23 bits per heavy atom. The largest absolute Gasteiger partial charge is 0.480 e. The molecule has 1 N–H and O–H groups in total. The minimum Gasteiger partial charge on any atom is -0.480 e. The molecule has 2 heterocycles. The molecule has 260 valence electrons. The van der Waals surface area contributed by atoms with Crippen molar-refractivity contribution in [2.75, 3.05) is 13.6 Å². The lowest BCUT2D eigenvalue weighted by Gasteiger charge is -2.61. The number of ether oxygens (including phenoxy) is 3. The van der Waals surface area contributed by atoms with Gasteiger partial charge in [0.1, 0.15) is 11.5 Å². The van der Waals surface area contributed by atoms with E-state index >= 15 is 0 Å². The van der Waals surface area contributed by atoms with E-state index < -0.39 is 35.2 Å². The van der Waals surface area contributed by atoms with Crippen LogP contribution in [0.3, 0.4) is 0 Å². The van der Waals surface area contributed by atoms with Crippen LogP contribution in [0.1, 0.15) is 151 Å². The Labute approximate surface area is 281 Å². The number of hydrogen-bond donors (Lipinski definition) is 1. The third-order valence-electron chi connectivity index (χ3n) is 11.4. The first-order valence-corrected chi connectivity index (χ1v) is 18.6. The first-order chi connectivity index (χ1) is 22.8. The maximum atomic E-state index is 13.2. The van der Waals surface area contributed by atoms with Gasteiger partial charge in [-0.3, -0.25) is 9.59 Å². The van der Waals surface area contributed by atoms with E-state index in [4.69, 9.17) is 14.2 Å². The molecule has 5 atom stereocenters. The number of esters is 2. The van der Waals surface area contributed by atoms with Crippen LogP contribution < -0.4 is 4.74 Å². The molecule has 8 heteroatoms. The van der Waals surface area contributed by atoms with E-state index in [-0.39, 0.29) is 12.5 Å². The second-order valence-electron chi connectivity index (χ2n) is 14.5. The van der Waals surface area contributed by atoms with Crippen molar-refractivity contribution in [3.8, 4) is 5.75 Å². The molecule has 0 amide bonds. The average molecular weight is 652 g/mol. The highest BCUT2D eigenvalue weighted by Gasteiger charge is 2.72. The van der Waals surface area contributed by atoms with Gasteiger partial charge in [-0.15, -0.1) is 0 Å². The fourth-order valence-corrected chi connectivity index (χ4v) is 8.71. The van der Waals surface area contributed by atoms with Crippen LogP contribution >= 0.6 is 0 Å². The van der Waals surface area contributed by atoms with E-state index in [1.54, 1.807) is 12.1 Å². The van der Waals surface area contributed by atoms with Gasteiger partial charge < -0.3 is 24.2 Å². The van der Waals surface area contributed by atoms with Crippen molar-refractivity contribution < 1.29 is 33.7 Å². The number of nitrogens with zero attached hydrogens (tertiary/aromatic N) is 1. The van der Waals surface area contributed by atoms with Crippen molar-refractivity contribution in [3.05, 3.63) is 40.7 Å². The number of aldehydes is 1. The van der Waals surface area contributed by atoms with Gasteiger partial charge in [0.15, 0.2) is 18.5 Å². The highest BCUT2D eigenvalue weighted by molar-refractivity contribution is 5.83. The van der Waals surface area contributed by atoms with Gasteiger partial charge in [-0.05, 0) is 57.5 Å². The van der Waals surface area contributed by atoms with E-state index in [1.807, 2.05) is 13.1 Å². The third kappa shape index (κ3) is 7.34. The first-order valence-electron chi connectivity index (χ1n) is 18.6. The van der Waals surface area contributed by atoms with Crippen LogP contribution in [0.15, 0.2) is 24.0 Å². The summed E-state index contributed by atoms with van der Waals surface area (Å²) in [4.78, 5) is 39.9. The summed E-state index contributed by atoms with van der Waals surface area (Å²) in [6.07, 6.45) is 21.4. The quantitative estimate of drug-likeness (QED) is 0.0878. The molecule has 1 aromatic rings. The van der Waals surface area contributed by atoms with Gasteiger partial charge in [0, 0.05) is 24.4 Å². The van der Waals surface area contributed by atoms with E-state index in [0.29, 0.717) is 36.3 Å². The van der Waals surface area contributed by atoms with Crippen LogP contribution in [-0.2, 0) is 30.9 Å². The predicted octanol–water partition coefficient (Wildman–Crippen LogP) is 7.51. The fraction of sp³-hybridized carbons (Fsp3) is 0.718. The van der Waals surface area contributed by atoms with Crippen molar-refractivity contribution >= 4 is 18.2 Å². The van der Waals surface area contributed by atoms with E-state index in [2.05, 4.69) is 11.8 Å². The lowest BCUT2D eigenvalue weighted by atomic mass is 9.50. The summed E-state index contributed by atoms with van der Waals surface area (Å²) in [5.74, 6) is -0.270. The molecule has 8 nitrogen and oxygen atoms in total. The SMILES string of the molecule is CCCCCCCCCCCCCCCCCC(=O)O[C@@H](C)C(=O)OC1=CC[C@@]2(O)[C@H]3Cc4ccc(C=O)c5c4[C@@]2(CCN3C)[C@H]1O5. The van der Waals surface area contributed by atoms with E-state index in [1.165, 1.54) is 84.0 Å². The highest BCUT2D eigenvalue weighted by Crippen LogP contribution is 2.64.